The monoisotopic (exact) mass is 436 g/mol. The summed E-state index contributed by atoms with van der Waals surface area (Å²) >= 11 is 3.51. The first kappa shape index (κ1) is 21.8. The molecular formula is C21H28N2O4S2. The number of rotatable bonds is 3. The number of fused-ring (bicyclic) bond motifs is 1. The van der Waals surface area contributed by atoms with E-state index in [0.717, 1.165) is 41.4 Å². The molecule has 0 saturated heterocycles. The number of hydrogen-bond acceptors (Lipinski definition) is 5. The summed E-state index contributed by atoms with van der Waals surface area (Å²) in [4.78, 5) is 27.6. The van der Waals surface area contributed by atoms with Crippen molar-refractivity contribution in [3.8, 4) is 10.6 Å². The number of carbonyl (C=O) groups is 2. The van der Waals surface area contributed by atoms with Crippen molar-refractivity contribution in [2.45, 2.75) is 71.1 Å². The van der Waals surface area contributed by atoms with E-state index in [9.17, 15) is 4.79 Å². The molecule has 2 heterocycles. The lowest BCUT2D eigenvalue weighted by Crippen LogP contribution is -2.24. The van der Waals surface area contributed by atoms with Crippen molar-refractivity contribution < 1.29 is 19.8 Å². The van der Waals surface area contributed by atoms with Crippen LogP contribution < -0.4 is 5.32 Å². The molecule has 8 heteroatoms. The van der Waals surface area contributed by atoms with Crippen molar-refractivity contribution in [1.29, 1.82) is 0 Å². The Balaban J connectivity index is 0.000000552. The number of carboxylic acid groups (broad SMARTS) is 2. The van der Waals surface area contributed by atoms with Crippen LogP contribution in [-0.2, 0) is 17.6 Å². The molecule has 0 bridgehead atoms. The summed E-state index contributed by atoms with van der Waals surface area (Å²) in [7, 11) is 0. The normalized spacial score (nSPS) is 16.9. The number of nitrogens with one attached hydrogen (secondary N) is 1. The zero-order chi connectivity index (χ0) is 20.8. The van der Waals surface area contributed by atoms with Gasteiger partial charge in [-0.05, 0) is 51.0 Å². The van der Waals surface area contributed by atoms with E-state index in [1.54, 1.807) is 22.7 Å². The van der Waals surface area contributed by atoms with Crippen LogP contribution in [0.5, 0.6) is 0 Å². The first-order valence-corrected chi connectivity index (χ1v) is 11.9. The number of nitrogens with zero attached hydrogens (tertiary/aromatic N) is 1. The van der Waals surface area contributed by atoms with E-state index in [2.05, 4.69) is 10.7 Å². The highest BCUT2D eigenvalue weighted by molar-refractivity contribution is 7.18. The number of aryl methyl sites for hydroxylation is 2. The molecule has 2 aliphatic carbocycles. The Morgan fingerprint density at radius 2 is 1.72 bits per heavy atom. The lowest BCUT2D eigenvalue weighted by molar-refractivity contribution is -0.120. The quantitative estimate of drug-likeness (QED) is 0.498. The van der Waals surface area contributed by atoms with Gasteiger partial charge in [0, 0.05) is 27.4 Å². The molecule has 1 amide bonds. The predicted molar refractivity (Wildman–Crippen MR) is 117 cm³/mol. The number of thiophene rings is 1. The van der Waals surface area contributed by atoms with Crippen LogP contribution in [0.15, 0.2) is 5.38 Å². The van der Waals surface area contributed by atoms with Crippen molar-refractivity contribution in [1.82, 2.24) is 4.98 Å². The van der Waals surface area contributed by atoms with Gasteiger partial charge < -0.3 is 15.5 Å². The standard InChI is InChI=1S/C20H26N2OS2.CH2O3/c1-13-12-24-19(21-13)17-15-10-6-3-7-11-16(15)25-20(17)22-18(23)14-8-4-2-5-9-14;2-1(3)4/h12,14H,2-11H2,1H3,(H,22,23);(H2,2,3,4). The molecule has 2 aromatic rings. The van der Waals surface area contributed by atoms with Crippen LogP contribution in [-0.4, -0.2) is 27.3 Å². The Bertz CT molecular complexity index is 849. The van der Waals surface area contributed by atoms with E-state index in [-0.39, 0.29) is 11.8 Å². The molecule has 0 radical (unpaired) electrons. The van der Waals surface area contributed by atoms with Crippen LogP contribution in [0.2, 0.25) is 0 Å². The van der Waals surface area contributed by atoms with Gasteiger partial charge in [0.1, 0.15) is 10.0 Å². The maximum absolute atomic E-state index is 12.8. The van der Waals surface area contributed by atoms with Gasteiger partial charge in [0.25, 0.3) is 0 Å². The van der Waals surface area contributed by atoms with Crippen LogP contribution in [0.25, 0.3) is 10.6 Å². The lowest BCUT2D eigenvalue weighted by atomic mass is 9.89. The van der Waals surface area contributed by atoms with Crippen LogP contribution >= 0.6 is 22.7 Å². The van der Waals surface area contributed by atoms with Gasteiger partial charge in [0.2, 0.25) is 5.91 Å². The van der Waals surface area contributed by atoms with Gasteiger partial charge in [-0.2, -0.15) is 0 Å². The van der Waals surface area contributed by atoms with E-state index >= 15 is 0 Å². The second-order valence-corrected chi connectivity index (χ2v) is 9.63. The summed E-state index contributed by atoms with van der Waals surface area (Å²) in [5.74, 6) is 0.423. The molecule has 158 valence electrons. The molecule has 1 saturated carbocycles. The molecule has 0 spiro atoms. The molecule has 2 aliphatic rings. The third-order valence-electron chi connectivity index (χ3n) is 5.47. The van der Waals surface area contributed by atoms with E-state index in [1.165, 1.54) is 54.5 Å². The molecule has 2 aromatic heterocycles. The Labute approximate surface area is 179 Å². The fourth-order valence-corrected chi connectivity index (χ4v) is 6.34. The van der Waals surface area contributed by atoms with Crippen molar-refractivity contribution in [3.63, 3.8) is 0 Å². The summed E-state index contributed by atoms with van der Waals surface area (Å²) in [5, 5.41) is 21.5. The Morgan fingerprint density at radius 3 is 2.38 bits per heavy atom. The van der Waals surface area contributed by atoms with Gasteiger partial charge in [-0.15, -0.1) is 22.7 Å². The number of amides is 1. The van der Waals surface area contributed by atoms with Crippen molar-refractivity contribution in [2.24, 2.45) is 5.92 Å². The third kappa shape index (κ3) is 5.79. The predicted octanol–water partition coefficient (Wildman–Crippen LogP) is 6.19. The van der Waals surface area contributed by atoms with Gasteiger partial charge in [-0.25, -0.2) is 9.78 Å². The molecule has 0 atom stereocenters. The first-order valence-electron chi connectivity index (χ1n) is 10.3. The molecule has 0 unspecified atom stereocenters. The second-order valence-electron chi connectivity index (χ2n) is 7.67. The lowest BCUT2D eigenvalue weighted by Gasteiger charge is -2.20. The van der Waals surface area contributed by atoms with Crippen LogP contribution in [0.1, 0.15) is 67.5 Å². The number of aromatic nitrogens is 1. The summed E-state index contributed by atoms with van der Waals surface area (Å²) in [6.07, 6.45) is 10.0. The molecule has 6 nitrogen and oxygen atoms in total. The number of anilines is 1. The van der Waals surface area contributed by atoms with Gasteiger partial charge in [0.05, 0.1) is 0 Å². The molecule has 3 N–H and O–H groups in total. The molecule has 0 aliphatic heterocycles. The van der Waals surface area contributed by atoms with Crippen molar-refractivity contribution in [2.75, 3.05) is 5.32 Å². The average molecular weight is 437 g/mol. The molecule has 1 fully saturated rings. The summed E-state index contributed by atoms with van der Waals surface area (Å²) < 4.78 is 0. The SMILES string of the molecule is Cc1csc(-c2c(NC(=O)C3CCCCC3)sc3c2CCCCC3)n1.O=C(O)O. The van der Waals surface area contributed by atoms with E-state index in [1.807, 2.05) is 6.92 Å². The topological polar surface area (TPSA) is 99.5 Å². The molecule has 0 aromatic carbocycles. The highest BCUT2D eigenvalue weighted by Gasteiger charge is 2.27. The minimum atomic E-state index is -1.83. The first-order chi connectivity index (χ1) is 14.0. The maximum atomic E-state index is 12.8. The minimum absolute atomic E-state index is 0.196. The molecular weight excluding hydrogens is 408 g/mol. The smallest absolute Gasteiger partial charge is 0.450 e. The zero-order valence-corrected chi connectivity index (χ0v) is 18.3. The Morgan fingerprint density at radius 1 is 1.07 bits per heavy atom. The number of hydrogen-bond donors (Lipinski definition) is 3. The fraction of sp³-hybridized carbons (Fsp3) is 0.571. The zero-order valence-electron chi connectivity index (χ0n) is 16.7. The highest BCUT2D eigenvalue weighted by Crippen LogP contribution is 2.45. The van der Waals surface area contributed by atoms with Gasteiger partial charge in [-0.1, -0.05) is 25.7 Å². The van der Waals surface area contributed by atoms with E-state index in [0.29, 0.717) is 0 Å². The van der Waals surface area contributed by atoms with Crippen LogP contribution in [0.4, 0.5) is 9.80 Å². The number of thiazole rings is 1. The average Bonchev–Trinajstić information content (AvgIpc) is 3.17. The highest BCUT2D eigenvalue weighted by atomic mass is 32.1. The molecule has 4 rings (SSSR count). The van der Waals surface area contributed by atoms with E-state index < -0.39 is 6.16 Å². The fourth-order valence-electron chi connectivity index (χ4n) is 4.10. The van der Waals surface area contributed by atoms with Gasteiger partial charge >= 0.3 is 6.16 Å². The van der Waals surface area contributed by atoms with Gasteiger partial charge in [0.15, 0.2) is 0 Å². The second kappa shape index (κ2) is 10.2. The largest absolute Gasteiger partial charge is 0.503 e. The van der Waals surface area contributed by atoms with Crippen molar-refractivity contribution in [3.05, 3.63) is 21.5 Å². The van der Waals surface area contributed by atoms with Crippen LogP contribution in [0, 0.1) is 12.8 Å². The summed E-state index contributed by atoms with van der Waals surface area (Å²) in [5.41, 5.74) is 3.75. The van der Waals surface area contributed by atoms with Crippen molar-refractivity contribution >= 4 is 39.7 Å². The van der Waals surface area contributed by atoms with Gasteiger partial charge in [-0.3, -0.25) is 4.79 Å². The van der Waals surface area contributed by atoms with Crippen LogP contribution in [0.3, 0.4) is 0 Å². The maximum Gasteiger partial charge on any atom is 0.503 e. The van der Waals surface area contributed by atoms with E-state index in [4.69, 9.17) is 20.0 Å². The Hall–Kier alpha value is -1.93. The third-order valence-corrected chi connectivity index (χ3v) is 7.65. The molecule has 29 heavy (non-hydrogen) atoms. The summed E-state index contributed by atoms with van der Waals surface area (Å²) in [6.45, 7) is 2.05. The number of carbonyl (C=O) groups excluding carboxylic acids is 1. The Kier molecular flexibility index (Phi) is 7.66. The summed E-state index contributed by atoms with van der Waals surface area (Å²) in [6, 6.07) is 0. The minimum Gasteiger partial charge on any atom is -0.450 e.